The number of benzene rings is 1. The van der Waals surface area contributed by atoms with Gasteiger partial charge in [0, 0.05) is 0 Å². The average molecular weight is 250 g/mol. The van der Waals surface area contributed by atoms with E-state index >= 15 is 0 Å². The standard InChI is InChI=1S/C13H18N2O3/c1-3-18-11-9(5-4-6-10(11)14)12(16)15-7-13(2,17)8-15/h4-6,17H,3,7-8,14H2,1-2H3. The second kappa shape index (κ2) is 4.49. The number of nitrogens with zero attached hydrogens (tertiary/aromatic N) is 1. The minimum atomic E-state index is -0.776. The Morgan fingerprint density at radius 3 is 2.78 bits per heavy atom. The molecule has 1 heterocycles. The van der Waals surface area contributed by atoms with Crippen molar-refractivity contribution in [2.24, 2.45) is 0 Å². The van der Waals surface area contributed by atoms with Crippen LogP contribution in [0.5, 0.6) is 5.75 Å². The number of carbonyl (C=O) groups is 1. The Kier molecular flexibility index (Phi) is 3.17. The summed E-state index contributed by atoms with van der Waals surface area (Å²) < 4.78 is 5.42. The molecule has 0 aliphatic carbocycles. The lowest BCUT2D eigenvalue weighted by atomic mass is 9.95. The Balaban J connectivity index is 2.23. The predicted molar refractivity (Wildman–Crippen MR) is 68.6 cm³/mol. The van der Waals surface area contributed by atoms with Gasteiger partial charge in [-0.15, -0.1) is 0 Å². The molecule has 5 nitrogen and oxygen atoms in total. The van der Waals surface area contributed by atoms with Crippen molar-refractivity contribution in [3.05, 3.63) is 23.8 Å². The monoisotopic (exact) mass is 250 g/mol. The van der Waals surface area contributed by atoms with E-state index in [-0.39, 0.29) is 5.91 Å². The quantitative estimate of drug-likeness (QED) is 0.781. The molecule has 0 aromatic heterocycles. The van der Waals surface area contributed by atoms with Gasteiger partial charge in [-0.3, -0.25) is 4.79 Å². The van der Waals surface area contributed by atoms with Gasteiger partial charge in [-0.25, -0.2) is 0 Å². The fourth-order valence-corrected chi connectivity index (χ4v) is 2.12. The van der Waals surface area contributed by atoms with Crippen LogP contribution in [0.1, 0.15) is 24.2 Å². The van der Waals surface area contributed by atoms with Crippen molar-refractivity contribution in [1.82, 2.24) is 4.90 Å². The summed E-state index contributed by atoms with van der Waals surface area (Å²) in [5, 5.41) is 9.66. The summed E-state index contributed by atoms with van der Waals surface area (Å²) in [4.78, 5) is 13.8. The molecule has 1 saturated heterocycles. The van der Waals surface area contributed by atoms with E-state index in [4.69, 9.17) is 10.5 Å². The van der Waals surface area contributed by atoms with Gasteiger partial charge in [-0.2, -0.15) is 0 Å². The van der Waals surface area contributed by atoms with E-state index in [1.165, 1.54) is 0 Å². The number of rotatable bonds is 3. The first-order chi connectivity index (χ1) is 8.44. The maximum atomic E-state index is 12.2. The van der Waals surface area contributed by atoms with E-state index in [1.54, 1.807) is 30.0 Å². The largest absolute Gasteiger partial charge is 0.491 e. The lowest BCUT2D eigenvalue weighted by Gasteiger charge is -2.44. The third-order valence-corrected chi connectivity index (χ3v) is 2.91. The molecule has 98 valence electrons. The van der Waals surface area contributed by atoms with Crippen molar-refractivity contribution >= 4 is 11.6 Å². The maximum absolute atomic E-state index is 12.2. The first-order valence-electron chi connectivity index (χ1n) is 5.97. The molecule has 1 amide bonds. The van der Waals surface area contributed by atoms with Gasteiger partial charge >= 0.3 is 0 Å². The molecule has 3 N–H and O–H groups in total. The van der Waals surface area contributed by atoms with E-state index in [1.807, 2.05) is 6.92 Å². The molecular formula is C13H18N2O3. The van der Waals surface area contributed by atoms with Crippen molar-refractivity contribution in [2.45, 2.75) is 19.4 Å². The fraction of sp³-hybridized carbons (Fsp3) is 0.462. The summed E-state index contributed by atoms with van der Waals surface area (Å²) in [5.74, 6) is 0.272. The number of nitrogen functional groups attached to an aromatic ring is 1. The van der Waals surface area contributed by atoms with Gasteiger partial charge in [0.25, 0.3) is 5.91 Å². The first-order valence-corrected chi connectivity index (χ1v) is 5.97. The highest BCUT2D eigenvalue weighted by Crippen LogP contribution is 2.30. The van der Waals surface area contributed by atoms with Crippen LogP contribution in [-0.4, -0.2) is 41.2 Å². The number of hydrogen-bond acceptors (Lipinski definition) is 4. The highest BCUT2D eigenvalue weighted by Gasteiger charge is 2.40. The number of likely N-dealkylation sites (tertiary alicyclic amines) is 1. The molecule has 0 unspecified atom stereocenters. The van der Waals surface area contributed by atoms with Crippen LogP contribution >= 0.6 is 0 Å². The molecular weight excluding hydrogens is 232 g/mol. The summed E-state index contributed by atoms with van der Waals surface area (Å²) in [7, 11) is 0. The van der Waals surface area contributed by atoms with Gasteiger partial charge in [-0.1, -0.05) is 6.07 Å². The molecule has 1 aromatic rings. The Hall–Kier alpha value is -1.75. The van der Waals surface area contributed by atoms with Crippen molar-refractivity contribution in [2.75, 3.05) is 25.4 Å². The van der Waals surface area contributed by atoms with Gasteiger partial charge in [-0.05, 0) is 26.0 Å². The summed E-state index contributed by atoms with van der Waals surface area (Å²) >= 11 is 0. The van der Waals surface area contributed by atoms with Gasteiger partial charge in [0.15, 0.2) is 5.75 Å². The van der Waals surface area contributed by atoms with Crippen molar-refractivity contribution in [3.8, 4) is 5.75 Å². The molecule has 1 fully saturated rings. The molecule has 0 spiro atoms. The Bertz CT molecular complexity index is 463. The molecule has 0 saturated carbocycles. The minimum absolute atomic E-state index is 0.155. The number of anilines is 1. The third-order valence-electron chi connectivity index (χ3n) is 2.91. The van der Waals surface area contributed by atoms with Crippen LogP contribution in [0, 0.1) is 0 Å². The van der Waals surface area contributed by atoms with Gasteiger partial charge in [0.1, 0.15) is 0 Å². The number of ether oxygens (including phenoxy) is 1. The second-order valence-corrected chi connectivity index (χ2v) is 4.82. The number of carbonyl (C=O) groups excluding carboxylic acids is 1. The zero-order valence-electron chi connectivity index (χ0n) is 10.6. The van der Waals surface area contributed by atoms with Crippen LogP contribution in [0.3, 0.4) is 0 Å². The molecule has 5 heteroatoms. The highest BCUT2D eigenvalue weighted by atomic mass is 16.5. The van der Waals surface area contributed by atoms with Gasteiger partial charge < -0.3 is 20.5 Å². The van der Waals surface area contributed by atoms with E-state index in [9.17, 15) is 9.90 Å². The van der Waals surface area contributed by atoms with Crippen LogP contribution in [0.4, 0.5) is 5.69 Å². The van der Waals surface area contributed by atoms with Crippen LogP contribution < -0.4 is 10.5 Å². The molecule has 0 radical (unpaired) electrons. The topological polar surface area (TPSA) is 75.8 Å². The zero-order chi connectivity index (χ0) is 13.3. The SMILES string of the molecule is CCOc1c(N)cccc1C(=O)N1CC(C)(O)C1. The van der Waals surface area contributed by atoms with Gasteiger partial charge in [0.2, 0.25) is 0 Å². The summed E-state index contributed by atoms with van der Waals surface area (Å²) in [6.07, 6.45) is 0. The molecule has 1 aromatic carbocycles. The number of hydrogen-bond donors (Lipinski definition) is 2. The summed E-state index contributed by atoms with van der Waals surface area (Å²) in [5.41, 5.74) is 5.94. The predicted octanol–water partition coefficient (Wildman–Crippen LogP) is 0.874. The average Bonchev–Trinajstić information content (AvgIpc) is 2.28. The van der Waals surface area contributed by atoms with E-state index in [0.717, 1.165) is 0 Å². The summed E-state index contributed by atoms with van der Waals surface area (Å²) in [6.45, 7) is 4.68. The number of nitrogens with two attached hydrogens (primary N) is 1. The number of para-hydroxylation sites is 1. The van der Waals surface area contributed by atoms with Crippen LogP contribution in [0.25, 0.3) is 0 Å². The molecule has 1 aliphatic heterocycles. The number of aliphatic hydroxyl groups is 1. The Morgan fingerprint density at radius 1 is 1.56 bits per heavy atom. The highest BCUT2D eigenvalue weighted by molar-refractivity contribution is 5.99. The normalized spacial score (nSPS) is 17.2. The molecule has 18 heavy (non-hydrogen) atoms. The second-order valence-electron chi connectivity index (χ2n) is 4.82. The van der Waals surface area contributed by atoms with Crippen LogP contribution in [-0.2, 0) is 0 Å². The smallest absolute Gasteiger partial charge is 0.257 e. The Morgan fingerprint density at radius 2 is 2.22 bits per heavy atom. The van der Waals surface area contributed by atoms with E-state index in [2.05, 4.69) is 0 Å². The minimum Gasteiger partial charge on any atom is -0.491 e. The van der Waals surface area contributed by atoms with Gasteiger partial charge in [0.05, 0.1) is 36.5 Å². The third kappa shape index (κ3) is 2.26. The maximum Gasteiger partial charge on any atom is 0.257 e. The number of β-amino-alcohol motifs (C(OH)–C–C–N with tert-alkyl or cyclic N) is 1. The van der Waals surface area contributed by atoms with Crippen LogP contribution in [0.2, 0.25) is 0 Å². The molecule has 0 bridgehead atoms. The van der Waals surface area contributed by atoms with E-state index < -0.39 is 5.60 Å². The summed E-state index contributed by atoms with van der Waals surface area (Å²) in [6, 6.07) is 5.12. The number of amides is 1. The van der Waals surface area contributed by atoms with Crippen molar-refractivity contribution in [1.29, 1.82) is 0 Å². The molecule has 2 rings (SSSR count). The fourth-order valence-electron chi connectivity index (χ4n) is 2.12. The lowest BCUT2D eigenvalue weighted by Crippen LogP contribution is -2.61. The first kappa shape index (κ1) is 12.7. The van der Waals surface area contributed by atoms with Crippen LogP contribution in [0.15, 0.2) is 18.2 Å². The molecule has 1 aliphatic rings. The lowest BCUT2D eigenvalue weighted by molar-refractivity contribution is -0.0669. The molecule has 0 atom stereocenters. The van der Waals surface area contributed by atoms with Crippen molar-refractivity contribution in [3.63, 3.8) is 0 Å². The van der Waals surface area contributed by atoms with Crippen molar-refractivity contribution < 1.29 is 14.6 Å². The zero-order valence-corrected chi connectivity index (χ0v) is 10.6. The van der Waals surface area contributed by atoms with E-state index in [0.29, 0.717) is 36.7 Å². The Labute approximate surface area is 106 Å².